The first-order chi connectivity index (χ1) is 11.2. The molecule has 0 saturated carbocycles. The molecule has 23 heavy (non-hydrogen) atoms. The molecule has 0 radical (unpaired) electrons. The fourth-order valence-electron chi connectivity index (χ4n) is 2.79. The van der Waals surface area contributed by atoms with Crippen LogP contribution in [-0.4, -0.2) is 19.6 Å². The van der Waals surface area contributed by atoms with Crippen molar-refractivity contribution >= 4 is 11.6 Å². The number of aliphatic imine (C=N–C) groups is 1. The molecule has 1 heterocycles. The van der Waals surface area contributed by atoms with E-state index in [0.717, 1.165) is 24.6 Å². The zero-order chi connectivity index (χ0) is 16.2. The number of benzene rings is 2. The average molecular weight is 308 g/mol. The Bertz CT molecular complexity index is 792. The number of guanidine groups is 1. The molecule has 0 bridgehead atoms. The Kier molecular flexibility index (Phi) is 4.24. The standard InChI is InChI=1S/C18H17FN4/c1-21-18(23-9-8-14-4-2-3-5-17(14)23)22-12-15-7-6-13(11-20)10-16(15)19/h2-7,10H,8-9,12H2,1H3,(H,21,22). The molecule has 0 amide bonds. The number of nitrogens with zero attached hydrogens (tertiary/aromatic N) is 3. The van der Waals surface area contributed by atoms with Gasteiger partial charge in [0, 0.05) is 31.4 Å². The van der Waals surface area contributed by atoms with Gasteiger partial charge in [-0.15, -0.1) is 0 Å². The number of para-hydroxylation sites is 1. The second-order valence-corrected chi connectivity index (χ2v) is 5.35. The lowest BCUT2D eigenvalue weighted by atomic mass is 10.1. The Labute approximate surface area is 134 Å². The summed E-state index contributed by atoms with van der Waals surface area (Å²) in [5, 5.41) is 12.0. The molecular weight excluding hydrogens is 291 g/mol. The van der Waals surface area contributed by atoms with Crippen LogP contribution < -0.4 is 10.2 Å². The third kappa shape index (κ3) is 3.02. The van der Waals surface area contributed by atoms with Crippen LogP contribution in [0.2, 0.25) is 0 Å². The maximum Gasteiger partial charge on any atom is 0.198 e. The van der Waals surface area contributed by atoms with Crippen molar-refractivity contribution in [1.82, 2.24) is 5.32 Å². The zero-order valence-electron chi connectivity index (χ0n) is 12.9. The molecule has 0 fully saturated rings. The highest BCUT2D eigenvalue weighted by molar-refractivity contribution is 5.97. The molecule has 2 aromatic carbocycles. The van der Waals surface area contributed by atoms with Crippen molar-refractivity contribution in [1.29, 1.82) is 5.26 Å². The van der Waals surface area contributed by atoms with E-state index in [1.807, 2.05) is 18.2 Å². The van der Waals surface area contributed by atoms with E-state index in [-0.39, 0.29) is 5.82 Å². The van der Waals surface area contributed by atoms with E-state index < -0.39 is 0 Å². The molecule has 1 N–H and O–H groups in total. The summed E-state index contributed by atoms with van der Waals surface area (Å²) in [5.74, 6) is 0.340. The Balaban J connectivity index is 1.74. The quantitative estimate of drug-likeness (QED) is 0.685. The van der Waals surface area contributed by atoms with Crippen molar-refractivity contribution in [2.45, 2.75) is 13.0 Å². The zero-order valence-corrected chi connectivity index (χ0v) is 12.9. The number of hydrogen-bond acceptors (Lipinski definition) is 2. The highest BCUT2D eigenvalue weighted by atomic mass is 19.1. The summed E-state index contributed by atoms with van der Waals surface area (Å²) < 4.78 is 14.0. The lowest BCUT2D eigenvalue weighted by molar-refractivity contribution is 0.605. The summed E-state index contributed by atoms with van der Waals surface area (Å²) in [4.78, 5) is 6.41. The smallest absolute Gasteiger partial charge is 0.198 e. The maximum absolute atomic E-state index is 14.0. The first-order valence-electron chi connectivity index (χ1n) is 7.47. The van der Waals surface area contributed by atoms with Crippen LogP contribution in [0.15, 0.2) is 47.5 Å². The molecule has 116 valence electrons. The topological polar surface area (TPSA) is 51.4 Å². The molecule has 0 saturated heterocycles. The van der Waals surface area contributed by atoms with E-state index in [2.05, 4.69) is 27.3 Å². The summed E-state index contributed by atoms with van der Waals surface area (Å²) in [7, 11) is 1.72. The average Bonchev–Trinajstić information content (AvgIpc) is 3.01. The predicted molar refractivity (Wildman–Crippen MR) is 88.8 cm³/mol. The number of fused-ring (bicyclic) bond motifs is 1. The fourth-order valence-corrected chi connectivity index (χ4v) is 2.79. The van der Waals surface area contributed by atoms with E-state index in [4.69, 9.17) is 5.26 Å². The van der Waals surface area contributed by atoms with Gasteiger partial charge in [0.15, 0.2) is 5.96 Å². The molecular formula is C18H17FN4. The molecule has 4 nitrogen and oxygen atoms in total. The third-order valence-corrected chi connectivity index (χ3v) is 3.97. The fraction of sp³-hybridized carbons (Fsp3) is 0.222. The number of anilines is 1. The molecule has 5 heteroatoms. The normalized spacial score (nSPS) is 13.6. The van der Waals surface area contributed by atoms with Crippen LogP contribution in [0.25, 0.3) is 0 Å². The first kappa shape index (κ1) is 15.0. The van der Waals surface area contributed by atoms with Gasteiger partial charge in [-0.25, -0.2) is 4.39 Å². The minimum atomic E-state index is -0.381. The van der Waals surface area contributed by atoms with Crippen LogP contribution in [0.4, 0.5) is 10.1 Å². The largest absolute Gasteiger partial charge is 0.352 e. The molecule has 2 aromatic rings. The summed E-state index contributed by atoms with van der Waals surface area (Å²) >= 11 is 0. The van der Waals surface area contributed by atoms with Crippen LogP contribution in [0.3, 0.4) is 0 Å². The van der Waals surface area contributed by atoms with E-state index in [0.29, 0.717) is 17.7 Å². The second-order valence-electron chi connectivity index (χ2n) is 5.35. The van der Waals surface area contributed by atoms with Crippen molar-refractivity contribution in [2.75, 3.05) is 18.5 Å². The second kappa shape index (κ2) is 6.49. The first-order valence-corrected chi connectivity index (χ1v) is 7.47. The number of rotatable bonds is 2. The van der Waals surface area contributed by atoms with E-state index in [9.17, 15) is 4.39 Å². The van der Waals surface area contributed by atoms with Crippen molar-refractivity contribution < 1.29 is 4.39 Å². The third-order valence-electron chi connectivity index (χ3n) is 3.97. The van der Waals surface area contributed by atoms with Gasteiger partial charge in [0.2, 0.25) is 0 Å². The van der Waals surface area contributed by atoms with Gasteiger partial charge in [0.1, 0.15) is 5.82 Å². The molecule has 0 spiro atoms. The van der Waals surface area contributed by atoms with Gasteiger partial charge in [-0.05, 0) is 30.2 Å². The Morgan fingerprint density at radius 3 is 2.91 bits per heavy atom. The molecule has 1 aliphatic heterocycles. The van der Waals surface area contributed by atoms with E-state index >= 15 is 0 Å². The molecule has 3 rings (SSSR count). The number of hydrogen-bond donors (Lipinski definition) is 1. The van der Waals surface area contributed by atoms with Gasteiger partial charge in [-0.1, -0.05) is 24.3 Å². The van der Waals surface area contributed by atoms with Gasteiger partial charge < -0.3 is 10.2 Å². The minimum Gasteiger partial charge on any atom is -0.352 e. The Morgan fingerprint density at radius 2 is 2.17 bits per heavy atom. The van der Waals surface area contributed by atoms with Crippen LogP contribution in [0, 0.1) is 17.1 Å². The van der Waals surface area contributed by atoms with Gasteiger partial charge in [-0.3, -0.25) is 4.99 Å². The SMILES string of the molecule is CN=C(NCc1ccc(C#N)cc1F)N1CCc2ccccc21. The molecule has 0 aromatic heterocycles. The molecule has 0 aliphatic carbocycles. The van der Waals surface area contributed by atoms with Gasteiger partial charge in [0.05, 0.1) is 11.6 Å². The summed E-state index contributed by atoms with van der Waals surface area (Å²) in [6, 6.07) is 14.7. The monoisotopic (exact) mass is 308 g/mol. The molecule has 1 aliphatic rings. The van der Waals surface area contributed by atoms with Crippen molar-refractivity contribution in [3.05, 3.63) is 65.0 Å². The Hall–Kier alpha value is -2.87. The maximum atomic E-state index is 14.0. The highest BCUT2D eigenvalue weighted by Crippen LogP contribution is 2.27. The lowest BCUT2D eigenvalue weighted by Crippen LogP contribution is -2.40. The molecule has 0 atom stereocenters. The van der Waals surface area contributed by atoms with Crippen molar-refractivity contribution in [2.24, 2.45) is 4.99 Å². The van der Waals surface area contributed by atoms with Crippen molar-refractivity contribution in [3.63, 3.8) is 0 Å². The lowest BCUT2D eigenvalue weighted by Gasteiger charge is -2.22. The number of nitrogens with one attached hydrogen (secondary N) is 1. The summed E-state index contributed by atoms with van der Waals surface area (Å²) in [5.41, 5.74) is 3.27. The highest BCUT2D eigenvalue weighted by Gasteiger charge is 2.22. The van der Waals surface area contributed by atoms with Gasteiger partial charge in [0.25, 0.3) is 0 Å². The van der Waals surface area contributed by atoms with Crippen LogP contribution in [0.1, 0.15) is 16.7 Å². The minimum absolute atomic E-state index is 0.322. The van der Waals surface area contributed by atoms with Crippen molar-refractivity contribution in [3.8, 4) is 6.07 Å². The molecule has 0 unspecified atom stereocenters. The van der Waals surface area contributed by atoms with Crippen LogP contribution >= 0.6 is 0 Å². The summed E-state index contributed by atoms with van der Waals surface area (Å²) in [6.07, 6.45) is 0.974. The van der Waals surface area contributed by atoms with Gasteiger partial charge >= 0.3 is 0 Å². The summed E-state index contributed by atoms with van der Waals surface area (Å²) in [6.45, 7) is 1.18. The number of halogens is 1. The van der Waals surface area contributed by atoms with Crippen LogP contribution in [-0.2, 0) is 13.0 Å². The number of nitriles is 1. The Morgan fingerprint density at radius 1 is 1.35 bits per heavy atom. The van der Waals surface area contributed by atoms with Crippen LogP contribution in [0.5, 0.6) is 0 Å². The van der Waals surface area contributed by atoms with Gasteiger partial charge in [-0.2, -0.15) is 5.26 Å². The predicted octanol–water partition coefficient (Wildman–Crippen LogP) is 2.84. The van der Waals surface area contributed by atoms with E-state index in [1.165, 1.54) is 11.6 Å². The van der Waals surface area contributed by atoms with E-state index in [1.54, 1.807) is 19.2 Å².